The molecule has 3 nitrogen and oxygen atoms in total. The number of benzene rings is 1. The van der Waals surface area contributed by atoms with Crippen LogP contribution in [0.4, 0.5) is 14.5 Å². The van der Waals surface area contributed by atoms with Crippen molar-refractivity contribution in [3.05, 3.63) is 18.2 Å². The summed E-state index contributed by atoms with van der Waals surface area (Å²) in [5.74, 6) is 2.01. The van der Waals surface area contributed by atoms with Crippen LogP contribution in [0.5, 0.6) is 11.5 Å². The molecule has 21 heavy (non-hydrogen) atoms. The molecule has 0 spiro atoms. The fourth-order valence-electron chi connectivity index (χ4n) is 3.03. The summed E-state index contributed by atoms with van der Waals surface area (Å²) < 4.78 is 34.8. The highest BCUT2D eigenvalue weighted by Gasteiger charge is 2.26. The molecule has 0 radical (unpaired) electrons. The van der Waals surface area contributed by atoms with Gasteiger partial charge in [-0.2, -0.15) is 8.78 Å². The summed E-state index contributed by atoms with van der Waals surface area (Å²) in [6, 6.07) is 5.12. The zero-order chi connectivity index (χ0) is 15.4. The molecule has 1 aliphatic carbocycles. The number of ether oxygens (including phenoxy) is 2. The van der Waals surface area contributed by atoms with E-state index < -0.39 is 6.61 Å². The fraction of sp³-hybridized carbons (Fsp3) is 0.625. The van der Waals surface area contributed by atoms with Crippen molar-refractivity contribution in [1.29, 1.82) is 0 Å². The van der Waals surface area contributed by atoms with Crippen LogP contribution in [-0.2, 0) is 0 Å². The van der Waals surface area contributed by atoms with E-state index in [4.69, 9.17) is 4.74 Å². The van der Waals surface area contributed by atoms with E-state index in [0.29, 0.717) is 17.4 Å². The predicted molar refractivity (Wildman–Crippen MR) is 79.2 cm³/mol. The molecule has 118 valence electrons. The van der Waals surface area contributed by atoms with Gasteiger partial charge in [-0.3, -0.25) is 0 Å². The quantitative estimate of drug-likeness (QED) is 0.866. The third-order valence-corrected chi connectivity index (χ3v) is 4.18. The van der Waals surface area contributed by atoms with Gasteiger partial charge >= 0.3 is 6.61 Å². The number of alkyl halides is 2. The Morgan fingerprint density at radius 1 is 1.24 bits per heavy atom. The lowest BCUT2D eigenvalue weighted by atomic mass is 9.80. The van der Waals surface area contributed by atoms with Crippen LogP contribution in [0.1, 0.15) is 33.1 Å². The number of anilines is 1. The van der Waals surface area contributed by atoms with Gasteiger partial charge in [-0.1, -0.05) is 13.8 Å². The van der Waals surface area contributed by atoms with Crippen molar-refractivity contribution < 1.29 is 18.3 Å². The number of rotatable bonds is 5. The Labute approximate surface area is 124 Å². The van der Waals surface area contributed by atoms with Crippen LogP contribution in [0.2, 0.25) is 0 Å². The first-order chi connectivity index (χ1) is 9.99. The maximum atomic E-state index is 12.5. The minimum Gasteiger partial charge on any atom is -0.497 e. The van der Waals surface area contributed by atoms with Gasteiger partial charge in [-0.15, -0.1) is 0 Å². The van der Waals surface area contributed by atoms with E-state index in [0.717, 1.165) is 25.2 Å². The average molecular weight is 299 g/mol. The fourth-order valence-corrected chi connectivity index (χ4v) is 3.03. The summed E-state index contributed by atoms with van der Waals surface area (Å²) in [6.45, 7) is 1.62. The van der Waals surface area contributed by atoms with Crippen molar-refractivity contribution in [2.24, 2.45) is 11.8 Å². The van der Waals surface area contributed by atoms with E-state index in [-0.39, 0.29) is 11.8 Å². The van der Waals surface area contributed by atoms with Crippen LogP contribution in [0.15, 0.2) is 18.2 Å². The molecule has 1 aliphatic rings. The van der Waals surface area contributed by atoms with Crippen LogP contribution >= 0.6 is 0 Å². The molecule has 3 atom stereocenters. The van der Waals surface area contributed by atoms with Gasteiger partial charge in [0, 0.05) is 12.1 Å². The van der Waals surface area contributed by atoms with Crippen molar-refractivity contribution in [1.82, 2.24) is 0 Å². The summed E-state index contributed by atoms with van der Waals surface area (Å²) >= 11 is 0. The third kappa shape index (κ3) is 4.22. The van der Waals surface area contributed by atoms with Crippen molar-refractivity contribution in [3.63, 3.8) is 0 Å². The van der Waals surface area contributed by atoms with E-state index in [2.05, 4.69) is 23.9 Å². The van der Waals surface area contributed by atoms with Gasteiger partial charge in [0.25, 0.3) is 0 Å². The Morgan fingerprint density at radius 2 is 2.00 bits per heavy atom. The molecule has 3 unspecified atom stereocenters. The summed E-state index contributed by atoms with van der Waals surface area (Å²) in [5.41, 5.74) is 0.570. The van der Waals surface area contributed by atoms with Crippen LogP contribution in [0.25, 0.3) is 0 Å². The van der Waals surface area contributed by atoms with Crippen LogP contribution in [-0.4, -0.2) is 19.8 Å². The molecule has 0 heterocycles. The minimum atomic E-state index is -2.83. The monoisotopic (exact) mass is 299 g/mol. The molecule has 1 aromatic carbocycles. The van der Waals surface area contributed by atoms with Gasteiger partial charge in [0.1, 0.15) is 11.5 Å². The van der Waals surface area contributed by atoms with Gasteiger partial charge in [-0.25, -0.2) is 0 Å². The Hall–Kier alpha value is -1.52. The number of methoxy groups -OCH3 is 1. The van der Waals surface area contributed by atoms with E-state index in [1.165, 1.54) is 6.07 Å². The number of hydrogen-bond acceptors (Lipinski definition) is 3. The second-order valence-corrected chi connectivity index (χ2v) is 5.89. The minimum absolute atomic E-state index is 0.164. The molecule has 0 bridgehead atoms. The van der Waals surface area contributed by atoms with Gasteiger partial charge in [0.05, 0.1) is 12.8 Å². The number of halogens is 2. The topological polar surface area (TPSA) is 30.5 Å². The maximum Gasteiger partial charge on any atom is 0.387 e. The van der Waals surface area contributed by atoms with Crippen molar-refractivity contribution in [2.75, 3.05) is 12.4 Å². The van der Waals surface area contributed by atoms with Crippen molar-refractivity contribution >= 4 is 5.69 Å². The first kappa shape index (κ1) is 15.9. The normalized spacial score (nSPS) is 25.7. The van der Waals surface area contributed by atoms with Crippen LogP contribution in [0.3, 0.4) is 0 Å². The molecular formula is C16H23F2NO2. The summed E-state index contributed by atoms with van der Waals surface area (Å²) in [4.78, 5) is 0. The second kappa shape index (κ2) is 6.96. The Balaban J connectivity index is 2.16. The molecule has 0 saturated heterocycles. The molecule has 0 amide bonds. The van der Waals surface area contributed by atoms with Crippen molar-refractivity contribution in [2.45, 2.75) is 45.8 Å². The standard InChI is InChI=1S/C16H23F2NO2/c1-10-4-6-13(11(2)8-10)19-14-9-12(20-3)5-7-15(14)21-16(17)18/h5,7,9-11,13,16,19H,4,6,8H2,1-3H3. The lowest BCUT2D eigenvalue weighted by molar-refractivity contribution is -0.0494. The lowest BCUT2D eigenvalue weighted by Crippen LogP contribution is -2.33. The molecule has 1 fully saturated rings. The highest BCUT2D eigenvalue weighted by Crippen LogP contribution is 2.35. The third-order valence-electron chi connectivity index (χ3n) is 4.18. The molecular weight excluding hydrogens is 276 g/mol. The van der Waals surface area contributed by atoms with Gasteiger partial charge in [0.15, 0.2) is 0 Å². The highest BCUT2D eigenvalue weighted by molar-refractivity contribution is 5.60. The smallest absolute Gasteiger partial charge is 0.387 e. The second-order valence-electron chi connectivity index (χ2n) is 5.89. The summed E-state index contributed by atoms with van der Waals surface area (Å²) in [6.07, 6.45) is 3.33. The zero-order valence-electron chi connectivity index (χ0n) is 12.7. The zero-order valence-corrected chi connectivity index (χ0v) is 12.7. The lowest BCUT2D eigenvalue weighted by Gasteiger charge is -2.34. The van der Waals surface area contributed by atoms with E-state index in [1.54, 1.807) is 19.2 Å². The van der Waals surface area contributed by atoms with E-state index >= 15 is 0 Å². The Bertz CT molecular complexity index is 468. The Kier molecular flexibility index (Phi) is 5.26. The van der Waals surface area contributed by atoms with Gasteiger partial charge in [0.2, 0.25) is 0 Å². The van der Waals surface area contributed by atoms with E-state index in [9.17, 15) is 8.78 Å². The van der Waals surface area contributed by atoms with E-state index in [1.807, 2.05) is 0 Å². The predicted octanol–water partition coefficient (Wildman–Crippen LogP) is 4.53. The van der Waals surface area contributed by atoms with Gasteiger partial charge < -0.3 is 14.8 Å². The first-order valence-corrected chi connectivity index (χ1v) is 7.39. The molecule has 5 heteroatoms. The summed E-state index contributed by atoms with van der Waals surface area (Å²) in [7, 11) is 1.55. The molecule has 1 saturated carbocycles. The first-order valence-electron chi connectivity index (χ1n) is 7.39. The van der Waals surface area contributed by atoms with Crippen molar-refractivity contribution in [3.8, 4) is 11.5 Å². The SMILES string of the molecule is COc1ccc(OC(F)F)c(NC2CCC(C)CC2C)c1. The molecule has 1 aromatic rings. The summed E-state index contributed by atoms with van der Waals surface area (Å²) in [5, 5.41) is 3.36. The van der Waals surface area contributed by atoms with Gasteiger partial charge in [-0.05, 0) is 43.2 Å². The Morgan fingerprint density at radius 3 is 2.62 bits per heavy atom. The molecule has 2 rings (SSSR count). The maximum absolute atomic E-state index is 12.5. The largest absolute Gasteiger partial charge is 0.497 e. The molecule has 0 aliphatic heterocycles. The molecule has 1 N–H and O–H groups in total. The highest BCUT2D eigenvalue weighted by atomic mass is 19.3. The number of nitrogens with one attached hydrogen (secondary N) is 1. The number of hydrogen-bond donors (Lipinski definition) is 1. The molecule has 0 aromatic heterocycles. The average Bonchev–Trinajstić information content (AvgIpc) is 2.43. The van der Waals surface area contributed by atoms with Crippen LogP contribution in [0, 0.1) is 11.8 Å². The van der Waals surface area contributed by atoms with Crippen LogP contribution < -0.4 is 14.8 Å².